The van der Waals surface area contributed by atoms with Crippen LogP contribution in [0.1, 0.15) is 24.0 Å². The minimum atomic E-state index is 0.265. The van der Waals surface area contributed by atoms with Crippen LogP contribution in [-0.2, 0) is 17.9 Å². The van der Waals surface area contributed by atoms with Crippen molar-refractivity contribution >= 4 is 29.2 Å². The number of rotatable bonds is 5. The number of aliphatic imine (C=N–C) groups is 1. The molecule has 0 atom stereocenters. The summed E-state index contributed by atoms with van der Waals surface area (Å²) in [6, 6.07) is 16.5. The summed E-state index contributed by atoms with van der Waals surface area (Å²) in [5.41, 5.74) is 3.55. The van der Waals surface area contributed by atoms with Crippen molar-refractivity contribution in [2.45, 2.75) is 25.9 Å². The quantitative estimate of drug-likeness (QED) is 0.573. The average Bonchev–Trinajstić information content (AvgIpc) is 3.19. The largest absolute Gasteiger partial charge is 0.368 e. The van der Waals surface area contributed by atoms with E-state index in [1.165, 1.54) is 16.8 Å². The first kappa shape index (κ1) is 21.5. The van der Waals surface area contributed by atoms with Crippen molar-refractivity contribution in [3.8, 4) is 0 Å². The van der Waals surface area contributed by atoms with Gasteiger partial charge in [-0.25, -0.2) is 0 Å². The van der Waals surface area contributed by atoms with Gasteiger partial charge in [-0.1, -0.05) is 41.9 Å². The minimum Gasteiger partial charge on any atom is -0.368 e. The molecule has 0 radical (unpaired) electrons. The fourth-order valence-electron chi connectivity index (χ4n) is 4.29. The SMILES string of the molecule is CN=C(NCc1cccc(CN2CCCC2=O)c1)N1CCN(c2cccc(Cl)c2)CC1. The molecule has 0 aliphatic carbocycles. The third kappa shape index (κ3) is 5.50. The number of carbonyl (C=O) groups excluding carboxylic acids is 1. The van der Waals surface area contributed by atoms with Crippen LogP contribution in [0.5, 0.6) is 0 Å². The smallest absolute Gasteiger partial charge is 0.222 e. The summed E-state index contributed by atoms with van der Waals surface area (Å²) in [5, 5.41) is 4.28. The summed E-state index contributed by atoms with van der Waals surface area (Å²) in [6.07, 6.45) is 1.66. The summed E-state index contributed by atoms with van der Waals surface area (Å²) < 4.78 is 0. The number of amides is 1. The third-order valence-electron chi connectivity index (χ3n) is 5.95. The zero-order chi connectivity index (χ0) is 21.6. The van der Waals surface area contributed by atoms with Gasteiger partial charge in [0.15, 0.2) is 5.96 Å². The van der Waals surface area contributed by atoms with Gasteiger partial charge in [-0.05, 0) is 35.7 Å². The van der Waals surface area contributed by atoms with Crippen molar-refractivity contribution in [3.63, 3.8) is 0 Å². The Balaban J connectivity index is 1.30. The van der Waals surface area contributed by atoms with Gasteiger partial charge in [-0.2, -0.15) is 0 Å². The molecular weight excluding hydrogens is 410 g/mol. The minimum absolute atomic E-state index is 0.265. The van der Waals surface area contributed by atoms with E-state index in [2.05, 4.69) is 50.4 Å². The number of nitrogens with zero attached hydrogens (tertiary/aromatic N) is 4. The maximum Gasteiger partial charge on any atom is 0.222 e. The van der Waals surface area contributed by atoms with E-state index in [1.807, 2.05) is 30.1 Å². The molecule has 2 fully saturated rings. The molecule has 0 bridgehead atoms. The Kier molecular flexibility index (Phi) is 6.97. The van der Waals surface area contributed by atoms with Crippen LogP contribution in [0.2, 0.25) is 5.02 Å². The molecule has 164 valence electrons. The monoisotopic (exact) mass is 439 g/mol. The third-order valence-corrected chi connectivity index (χ3v) is 6.19. The van der Waals surface area contributed by atoms with Gasteiger partial charge in [0, 0.05) is 70.0 Å². The lowest BCUT2D eigenvalue weighted by molar-refractivity contribution is -0.128. The second-order valence-electron chi connectivity index (χ2n) is 8.09. The van der Waals surface area contributed by atoms with Crippen LogP contribution in [0.25, 0.3) is 0 Å². The van der Waals surface area contributed by atoms with E-state index >= 15 is 0 Å². The number of guanidine groups is 1. The normalized spacial score (nSPS) is 17.4. The summed E-state index contributed by atoms with van der Waals surface area (Å²) in [7, 11) is 1.83. The molecule has 2 aromatic carbocycles. The highest BCUT2D eigenvalue weighted by Gasteiger charge is 2.21. The van der Waals surface area contributed by atoms with Crippen molar-refractivity contribution in [1.82, 2.24) is 15.1 Å². The second kappa shape index (κ2) is 10.1. The van der Waals surface area contributed by atoms with Gasteiger partial charge < -0.3 is 20.0 Å². The van der Waals surface area contributed by atoms with Gasteiger partial charge in [0.2, 0.25) is 5.91 Å². The highest BCUT2D eigenvalue weighted by atomic mass is 35.5. The van der Waals surface area contributed by atoms with E-state index < -0.39 is 0 Å². The molecule has 4 rings (SSSR count). The summed E-state index contributed by atoms with van der Waals surface area (Å²) in [5.74, 6) is 1.19. The highest BCUT2D eigenvalue weighted by molar-refractivity contribution is 6.30. The first-order valence-electron chi connectivity index (χ1n) is 10.9. The van der Waals surface area contributed by atoms with Gasteiger partial charge in [0.1, 0.15) is 0 Å². The fraction of sp³-hybridized carbons (Fsp3) is 0.417. The zero-order valence-electron chi connectivity index (χ0n) is 18.1. The van der Waals surface area contributed by atoms with Gasteiger partial charge in [-0.3, -0.25) is 9.79 Å². The van der Waals surface area contributed by atoms with Crippen LogP contribution < -0.4 is 10.2 Å². The van der Waals surface area contributed by atoms with Crippen LogP contribution in [0.3, 0.4) is 0 Å². The fourth-order valence-corrected chi connectivity index (χ4v) is 4.48. The number of nitrogens with one attached hydrogen (secondary N) is 1. The summed E-state index contributed by atoms with van der Waals surface area (Å²) >= 11 is 6.15. The topological polar surface area (TPSA) is 51.2 Å². The predicted molar refractivity (Wildman–Crippen MR) is 127 cm³/mol. The van der Waals surface area contributed by atoms with E-state index in [9.17, 15) is 4.79 Å². The molecule has 6 nitrogen and oxygen atoms in total. The van der Waals surface area contributed by atoms with E-state index in [4.69, 9.17) is 11.6 Å². The number of anilines is 1. The van der Waals surface area contributed by atoms with Crippen LogP contribution >= 0.6 is 11.6 Å². The van der Waals surface area contributed by atoms with Gasteiger partial charge in [-0.15, -0.1) is 0 Å². The number of piperazine rings is 1. The number of benzene rings is 2. The molecule has 2 heterocycles. The Morgan fingerprint density at radius 2 is 1.81 bits per heavy atom. The highest BCUT2D eigenvalue weighted by Crippen LogP contribution is 2.21. The van der Waals surface area contributed by atoms with Crippen LogP contribution in [-0.4, -0.2) is 61.4 Å². The van der Waals surface area contributed by atoms with E-state index in [0.29, 0.717) is 19.5 Å². The lowest BCUT2D eigenvalue weighted by Crippen LogP contribution is -2.52. The average molecular weight is 440 g/mol. The number of likely N-dealkylation sites (tertiary alicyclic amines) is 1. The molecule has 1 N–H and O–H groups in total. The first-order valence-corrected chi connectivity index (χ1v) is 11.3. The maximum absolute atomic E-state index is 11.9. The van der Waals surface area contributed by atoms with Crippen LogP contribution in [0.4, 0.5) is 5.69 Å². The number of hydrogen-bond acceptors (Lipinski definition) is 3. The molecule has 2 saturated heterocycles. The van der Waals surface area contributed by atoms with Gasteiger partial charge >= 0.3 is 0 Å². The van der Waals surface area contributed by atoms with Crippen molar-refractivity contribution in [2.24, 2.45) is 4.99 Å². The summed E-state index contributed by atoms with van der Waals surface area (Å²) in [4.78, 5) is 23.0. The first-order chi connectivity index (χ1) is 15.1. The Morgan fingerprint density at radius 1 is 1.03 bits per heavy atom. The second-order valence-corrected chi connectivity index (χ2v) is 8.53. The van der Waals surface area contributed by atoms with Gasteiger partial charge in [0.05, 0.1) is 0 Å². The molecule has 2 aliphatic heterocycles. The molecule has 2 aliphatic rings. The van der Waals surface area contributed by atoms with Crippen molar-refractivity contribution in [1.29, 1.82) is 0 Å². The number of carbonyl (C=O) groups is 1. The molecule has 0 aromatic heterocycles. The zero-order valence-corrected chi connectivity index (χ0v) is 18.8. The molecule has 1 amide bonds. The van der Waals surface area contributed by atoms with E-state index in [-0.39, 0.29) is 5.91 Å². The molecule has 0 spiro atoms. The lowest BCUT2D eigenvalue weighted by Gasteiger charge is -2.37. The van der Waals surface area contributed by atoms with Crippen LogP contribution in [0, 0.1) is 0 Å². The molecule has 31 heavy (non-hydrogen) atoms. The number of halogens is 1. The standard InChI is InChI=1S/C24H30ClN5O/c1-26-24(29-13-11-28(12-14-29)22-8-3-7-21(25)16-22)27-17-19-5-2-6-20(15-19)18-30-10-4-9-23(30)31/h2-3,5-8,15-16H,4,9-14,17-18H2,1H3,(H,26,27). The Bertz CT molecular complexity index is 939. The van der Waals surface area contributed by atoms with E-state index in [0.717, 1.165) is 50.1 Å². The Hall–Kier alpha value is -2.73. The molecule has 0 saturated carbocycles. The molecule has 7 heteroatoms. The summed E-state index contributed by atoms with van der Waals surface area (Å²) in [6.45, 7) is 5.96. The number of hydrogen-bond donors (Lipinski definition) is 1. The van der Waals surface area contributed by atoms with Crippen LogP contribution in [0.15, 0.2) is 53.5 Å². The van der Waals surface area contributed by atoms with Crippen molar-refractivity contribution in [2.75, 3.05) is 44.7 Å². The van der Waals surface area contributed by atoms with Crippen molar-refractivity contribution < 1.29 is 4.79 Å². The van der Waals surface area contributed by atoms with Crippen molar-refractivity contribution in [3.05, 3.63) is 64.7 Å². The predicted octanol–water partition coefficient (Wildman–Crippen LogP) is 3.36. The maximum atomic E-state index is 11.9. The Morgan fingerprint density at radius 3 is 2.52 bits per heavy atom. The molecule has 2 aromatic rings. The Labute approximate surface area is 189 Å². The van der Waals surface area contributed by atoms with E-state index in [1.54, 1.807) is 0 Å². The lowest BCUT2D eigenvalue weighted by atomic mass is 10.1. The van der Waals surface area contributed by atoms with Gasteiger partial charge in [0.25, 0.3) is 0 Å². The molecule has 0 unspecified atom stereocenters. The molecular formula is C24H30ClN5O.